The number of aromatic hydroxyl groups is 1. The zero-order valence-electron chi connectivity index (χ0n) is 17.5. The molecule has 1 aliphatic rings. The Morgan fingerprint density at radius 2 is 1.71 bits per heavy atom. The largest absolute Gasteiger partial charge is 0.508 e. The van der Waals surface area contributed by atoms with E-state index < -0.39 is 0 Å². The van der Waals surface area contributed by atoms with Crippen LogP contribution in [0.2, 0.25) is 5.02 Å². The molecular weight excluding hydrogens is 478 g/mol. The molecule has 0 spiro atoms. The molecule has 3 aromatic carbocycles. The van der Waals surface area contributed by atoms with Crippen molar-refractivity contribution >= 4 is 27.5 Å². The monoisotopic (exact) mass is 501 g/mol. The summed E-state index contributed by atoms with van der Waals surface area (Å²) in [5, 5.41) is 11.3. The molecule has 0 saturated carbocycles. The van der Waals surface area contributed by atoms with Crippen LogP contribution in [0.5, 0.6) is 17.2 Å². The average Bonchev–Trinajstić information content (AvgIpc) is 3.19. The number of halogens is 2. The van der Waals surface area contributed by atoms with Crippen LogP contribution in [-0.4, -0.2) is 37.3 Å². The molecule has 0 radical (unpaired) electrons. The van der Waals surface area contributed by atoms with Gasteiger partial charge in [-0.15, -0.1) is 0 Å². The third-order valence-electron chi connectivity index (χ3n) is 5.98. The van der Waals surface area contributed by atoms with Gasteiger partial charge in [-0.05, 0) is 35.9 Å². The molecule has 0 aliphatic carbocycles. The lowest BCUT2D eigenvalue weighted by molar-refractivity contribution is 0.312. The Balaban J connectivity index is 1.68. The molecule has 6 heteroatoms. The Hall–Kier alpha value is -2.21. The van der Waals surface area contributed by atoms with Crippen LogP contribution in [0.15, 0.2) is 65.1 Å². The Morgan fingerprint density at radius 3 is 2.42 bits per heavy atom. The third kappa shape index (κ3) is 4.69. The van der Waals surface area contributed by atoms with Gasteiger partial charge in [0.25, 0.3) is 0 Å². The van der Waals surface area contributed by atoms with Gasteiger partial charge in [-0.25, -0.2) is 0 Å². The van der Waals surface area contributed by atoms with E-state index in [0.29, 0.717) is 5.02 Å². The van der Waals surface area contributed by atoms with E-state index in [2.05, 4.69) is 45.1 Å². The number of hydrogen-bond acceptors (Lipinski definition) is 4. The van der Waals surface area contributed by atoms with Crippen LogP contribution in [-0.2, 0) is 6.54 Å². The zero-order valence-corrected chi connectivity index (χ0v) is 19.9. The fraction of sp³-hybridized carbons (Fsp3) is 0.280. The van der Waals surface area contributed by atoms with Crippen LogP contribution in [0, 0.1) is 0 Å². The minimum absolute atomic E-state index is 0.113. The van der Waals surface area contributed by atoms with Crippen molar-refractivity contribution < 1.29 is 14.6 Å². The van der Waals surface area contributed by atoms with Crippen LogP contribution < -0.4 is 9.47 Å². The van der Waals surface area contributed by atoms with Crippen LogP contribution in [0.1, 0.15) is 28.5 Å². The summed E-state index contributed by atoms with van der Waals surface area (Å²) in [6.07, 6.45) is 0. The number of rotatable bonds is 6. The molecule has 31 heavy (non-hydrogen) atoms. The number of phenolic OH excluding ortho intramolecular Hbond substituents is 1. The molecule has 0 amide bonds. The molecule has 2 unspecified atom stereocenters. The first kappa shape index (κ1) is 22.0. The highest BCUT2D eigenvalue weighted by Gasteiger charge is 2.37. The molecule has 4 rings (SSSR count). The third-order valence-corrected chi connectivity index (χ3v) is 6.93. The predicted octanol–water partition coefficient (Wildman–Crippen LogP) is 6.21. The van der Waals surface area contributed by atoms with Gasteiger partial charge in [0.15, 0.2) is 0 Å². The summed E-state index contributed by atoms with van der Waals surface area (Å²) in [6.45, 7) is 2.40. The van der Waals surface area contributed by atoms with Gasteiger partial charge in [0, 0.05) is 58.2 Å². The standard InChI is InChI=1S/C25H25BrClNO3/c1-30-18-9-7-16(25(12-18)31-2)13-28-14-21(19-5-3-4-6-23(19)26)22(15-28)20-11-17(27)8-10-24(20)29/h3-12,21-22,29H,13-15H2,1-2H3. The van der Waals surface area contributed by atoms with Crippen LogP contribution >= 0.6 is 27.5 Å². The first-order chi connectivity index (χ1) is 15.0. The zero-order chi connectivity index (χ0) is 22.0. The first-order valence-corrected chi connectivity index (χ1v) is 11.3. The lowest BCUT2D eigenvalue weighted by atomic mass is 9.84. The number of ether oxygens (including phenoxy) is 2. The van der Waals surface area contributed by atoms with Crippen LogP contribution in [0.3, 0.4) is 0 Å². The van der Waals surface area contributed by atoms with Crippen molar-refractivity contribution in [3.05, 3.63) is 86.8 Å². The Kier molecular flexibility index (Phi) is 6.75. The lowest BCUT2D eigenvalue weighted by Gasteiger charge is -2.21. The predicted molar refractivity (Wildman–Crippen MR) is 128 cm³/mol. The quantitative estimate of drug-likeness (QED) is 0.435. The molecule has 1 heterocycles. The fourth-order valence-corrected chi connectivity index (χ4v) is 5.23. The van der Waals surface area contributed by atoms with E-state index in [0.717, 1.165) is 46.7 Å². The minimum Gasteiger partial charge on any atom is -0.508 e. The van der Waals surface area contributed by atoms with Crippen molar-refractivity contribution in [1.82, 2.24) is 4.90 Å². The lowest BCUT2D eigenvalue weighted by Crippen LogP contribution is -2.20. The van der Waals surface area contributed by atoms with E-state index in [4.69, 9.17) is 21.1 Å². The number of benzene rings is 3. The maximum absolute atomic E-state index is 10.6. The maximum Gasteiger partial charge on any atom is 0.127 e. The molecular formula is C25H25BrClNO3. The summed E-state index contributed by atoms with van der Waals surface area (Å²) in [5.41, 5.74) is 3.22. The van der Waals surface area contributed by atoms with Crippen LogP contribution in [0.4, 0.5) is 0 Å². The SMILES string of the molecule is COc1ccc(CN2CC(c3cc(Cl)ccc3O)C(c3ccccc3Br)C2)c(OC)c1. The summed E-state index contributed by atoms with van der Waals surface area (Å²) < 4.78 is 12.0. The molecule has 1 aliphatic heterocycles. The number of hydrogen-bond donors (Lipinski definition) is 1. The van der Waals surface area contributed by atoms with Gasteiger partial charge in [-0.1, -0.05) is 51.8 Å². The highest BCUT2D eigenvalue weighted by Crippen LogP contribution is 2.45. The summed E-state index contributed by atoms with van der Waals surface area (Å²) in [5.74, 6) is 2.20. The summed E-state index contributed by atoms with van der Waals surface area (Å²) in [4.78, 5) is 2.40. The summed E-state index contributed by atoms with van der Waals surface area (Å²) >= 11 is 10.0. The number of likely N-dealkylation sites (tertiary alicyclic amines) is 1. The van der Waals surface area contributed by atoms with Crippen molar-refractivity contribution in [3.63, 3.8) is 0 Å². The topological polar surface area (TPSA) is 41.9 Å². The van der Waals surface area contributed by atoms with Gasteiger partial charge < -0.3 is 14.6 Å². The van der Waals surface area contributed by atoms with Crippen molar-refractivity contribution in [2.75, 3.05) is 27.3 Å². The molecule has 3 aromatic rings. The molecule has 4 nitrogen and oxygen atoms in total. The first-order valence-electron chi connectivity index (χ1n) is 10.2. The fourth-order valence-electron chi connectivity index (χ4n) is 4.47. The summed E-state index contributed by atoms with van der Waals surface area (Å²) in [6, 6.07) is 19.5. The Labute approximate surface area is 196 Å². The van der Waals surface area contributed by atoms with Gasteiger partial charge >= 0.3 is 0 Å². The Morgan fingerprint density at radius 1 is 0.968 bits per heavy atom. The van der Waals surface area contributed by atoms with E-state index in [9.17, 15) is 5.11 Å². The molecule has 1 fully saturated rings. The molecule has 162 valence electrons. The van der Waals surface area contributed by atoms with Crippen molar-refractivity contribution in [3.8, 4) is 17.2 Å². The van der Waals surface area contributed by atoms with E-state index in [1.165, 1.54) is 5.56 Å². The van der Waals surface area contributed by atoms with E-state index in [-0.39, 0.29) is 17.6 Å². The Bertz CT molecular complexity index is 1070. The maximum atomic E-state index is 10.6. The molecule has 1 N–H and O–H groups in total. The number of phenols is 1. The smallest absolute Gasteiger partial charge is 0.127 e. The van der Waals surface area contributed by atoms with Gasteiger partial charge in [0.1, 0.15) is 17.2 Å². The van der Waals surface area contributed by atoms with Gasteiger partial charge in [-0.2, -0.15) is 0 Å². The number of nitrogens with zero attached hydrogens (tertiary/aromatic N) is 1. The highest BCUT2D eigenvalue weighted by atomic mass is 79.9. The number of methoxy groups -OCH3 is 2. The second-order valence-electron chi connectivity index (χ2n) is 7.81. The second kappa shape index (κ2) is 9.51. The minimum atomic E-state index is 0.113. The van der Waals surface area contributed by atoms with Gasteiger partial charge in [-0.3, -0.25) is 4.90 Å². The van der Waals surface area contributed by atoms with Crippen LogP contribution in [0.25, 0.3) is 0 Å². The van der Waals surface area contributed by atoms with Crippen molar-refractivity contribution in [2.24, 2.45) is 0 Å². The van der Waals surface area contributed by atoms with E-state index in [1.807, 2.05) is 24.3 Å². The normalized spacial score (nSPS) is 18.8. The molecule has 0 bridgehead atoms. The summed E-state index contributed by atoms with van der Waals surface area (Å²) in [7, 11) is 3.33. The van der Waals surface area contributed by atoms with Crippen molar-refractivity contribution in [2.45, 2.75) is 18.4 Å². The van der Waals surface area contributed by atoms with E-state index in [1.54, 1.807) is 26.4 Å². The molecule has 2 atom stereocenters. The van der Waals surface area contributed by atoms with Crippen molar-refractivity contribution in [1.29, 1.82) is 0 Å². The van der Waals surface area contributed by atoms with E-state index >= 15 is 0 Å². The highest BCUT2D eigenvalue weighted by molar-refractivity contribution is 9.10. The molecule has 0 aromatic heterocycles. The second-order valence-corrected chi connectivity index (χ2v) is 9.10. The van der Waals surface area contributed by atoms with Gasteiger partial charge in [0.2, 0.25) is 0 Å². The van der Waals surface area contributed by atoms with Gasteiger partial charge in [0.05, 0.1) is 14.2 Å². The molecule has 1 saturated heterocycles. The average molecular weight is 503 g/mol.